The minimum atomic E-state index is -1.48. The van der Waals surface area contributed by atoms with Crippen LogP contribution < -0.4 is 0 Å². The molecule has 0 aliphatic heterocycles. The molecule has 0 saturated heterocycles. The molecule has 0 bridgehead atoms. The van der Waals surface area contributed by atoms with Crippen LogP contribution in [-0.2, 0) is 0 Å². The smallest absolute Gasteiger partial charge is 0.0622 e. The Morgan fingerprint density at radius 1 is 0.429 bits per heavy atom. The molecular weight excluding hydrogens is 284 g/mol. The topological polar surface area (TPSA) is 0 Å². The van der Waals surface area contributed by atoms with Crippen molar-refractivity contribution < 1.29 is 0 Å². The van der Waals surface area contributed by atoms with Crippen molar-refractivity contribution in [1.29, 1.82) is 0 Å². The van der Waals surface area contributed by atoms with Crippen molar-refractivity contribution in [2.24, 2.45) is 0 Å². The predicted octanol–water partition coefficient (Wildman–Crippen LogP) is 6.54. The monoisotopic (exact) mass is 316 g/mol. The van der Waals surface area contributed by atoms with Gasteiger partial charge in [0.15, 0.2) is 0 Å². The Labute approximate surface area is 134 Å². The zero-order valence-corrected chi connectivity index (χ0v) is 15.7. The number of allylic oxidation sites excluding steroid dienone is 6. The van der Waals surface area contributed by atoms with Crippen LogP contribution in [0.2, 0.25) is 41.9 Å². The average Bonchev–Trinajstić information content (AvgIpc) is 2.40. The first kappa shape index (κ1) is 19.9. The highest BCUT2D eigenvalue weighted by Gasteiger charge is 2.40. The van der Waals surface area contributed by atoms with E-state index in [4.69, 9.17) is 0 Å². The molecule has 0 spiro atoms. The lowest BCUT2D eigenvalue weighted by Gasteiger charge is -2.39. The van der Waals surface area contributed by atoms with Crippen LogP contribution in [0.15, 0.2) is 75.9 Å². The first-order valence-corrected chi connectivity index (χ1v) is 13.4. The molecule has 0 radical (unpaired) electrons. The van der Waals surface area contributed by atoms with Crippen molar-refractivity contribution in [3.05, 3.63) is 75.9 Å². The molecule has 0 N–H and O–H groups in total. The molecule has 0 aliphatic rings. The van der Waals surface area contributed by atoms with E-state index < -0.39 is 16.1 Å². The van der Waals surface area contributed by atoms with Crippen LogP contribution in [-0.4, -0.2) is 16.1 Å². The zero-order valence-electron chi connectivity index (χ0n) is 13.7. The fourth-order valence-corrected chi connectivity index (χ4v) is 18.1. The molecular formula is C19H32Si2. The molecule has 0 fully saturated rings. The molecule has 2 heteroatoms. The molecule has 0 unspecified atom stereocenters. The summed E-state index contributed by atoms with van der Waals surface area (Å²) in [7, 11) is -2.96. The summed E-state index contributed by atoms with van der Waals surface area (Å²) in [5.41, 5.74) is 1.36. The van der Waals surface area contributed by atoms with Gasteiger partial charge in [0.1, 0.15) is 0 Å². The van der Waals surface area contributed by atoms with Gasteiger partial charge in [-0.1, -0.05) is 42.1 Å². The summed E-state index contributed by atoms with van der Waals surface area (Å²) >= 11 is 0. The molecule has 0 aromatic heterocycles. The quantitative estimate of drug-likeness (QED) is 0.252. The summed E-state index contributed by atoms with van der Waals surface area (Å²) in [6.07, 6.45) is 12.6. The lowest BCUT2D eigenvalue weighted by molar-refractivity contribution is 1.25. The van der Waals surface area contributed by atoms with Gasteiger partial charge in [0.2, 0.25) is 0 Å². The van der Waals surface area contributed by atoms with Crippen molar-refractivity contribution in [3.8, 4) is 0 Å². The standard InChI is InChI=1S/C19H32Si2/c1-7-13-20(14-8-2,15-9-3)19-21(16-10-4,17-11-5)18-12-6/h7-12H,1-6,13-19H2. The minimum absolute atomic E-state index is 1.14. The van der Waals surface area contributed by atoms with E-state index in [1.807, 2.05) is 0 Å². The fourth-order valence-electron chi connectivity index (χ4n) is 3.57. The third-order valence-corrected chi connectivity index (χ3v) is 17.1. The molecule has 0 aromatic carbocycles. The van der Waals surface area contributed by atoms with Crippen LogP contribution >= 0.6 is 0 Å². The maximum Gasteiger partial charge on any atom is 0.0622 e. The lowest BCUT2D eigenvalue weighted by atomic mass is 10.7. The molecule has 0 nitrogen and oxygen atoms in total. The van der Waals surface area contributed by atoms with Crippen LogP contribution in [0.25, 0.3) is 0 Å². The van der Waals surface area contributed by atoms with Crippen molar-refractivity contribution in [2.45, 2.75) is 41.9 Å². The van der Waals surface area contributed by atoms with Crippen LogP contribution in [0, 0.1) is 0 Å². The minimum Gasteiger partial charge on any atom is -0.103 e. The third kappa shape index (κ3) is 6.45. The van der Waals surface area contributed by atoms with Crippen molar-refractivity contribution in [1.82, 2.24) is 0 Å². The summed E-state index contributed by atoms with van der Waals surface area (Å²) < 4.78 is 0. The first-order valence-electron chi connectivity index (χ1n) is 7.73. The molecule has 0 aromatic rings. The van der Waals surface area contributed by atoms with Crippen molar-refractivity contribution in [3.63, 3.8) is 0 Å². The molecule has 0 amide bonds. The number of hydrogen-bond donors (Lipinski definition) is 0. The molecule has 0 aliphatic carbocycles. The predicted molar refractivity (Wildman–Crippen MR) is 106 cm³/mol. The third-order valence-electron chi connectivity index (χ3n) is 4.21. The van der Waals surface area contributed by atoms with Crippen LogP contribution in [0.5, 0.6) is 0 Å². The van der Waals surface area contributed by atoms with Crippen LogP contribution in [0.1, 0.15) is 0 Å². The molecule has 116 valence electrons. The Morgan fingerprint density at radius 3 is 0.762 bits per heavy atom. The summed E-state index contributed by atoms with van der Waals surface area (Å²) in [5.74, 6) is 0. The average molecular weight is 317 g/mol. The van der Waals surface area contributed by atoms with Gasteiger partial charge in [0, 0.05) is 0 Å². The van der Waals surface area contributed by atoms with E-state index in [-0.39, 0.29) is 0 Å². The Kier molecular flexibility index (Phi) is 10.0. The van der Waals surface area contributed by atoms with Crippen molar-refractivity contribution >= 4 is 16.1 Å². The Balaban J connectivity index is 5.60. The second-order valence-electron chi connectivity index (χ2n) is 6.13. The summed E-state index contributed by atoms with van der Waals surface area (Å²) in [6.45, 7) is 24.0. The van der Waals surface area contributed by atoms with E-state index in [2.05, 4.69) is 75.9 Å². The molecule has 0 atom stereocenters. The van der Waals surface area contributed by atoms with Crippen LogP contribution in [0.4, 0.5) is 0 Å². The summed E-state index contributed by atoms with van der Waals surface area (Å²) in [5, 5.41) is 0. The highest BCUT2D eigenvalue weighted by molar-refractivity contribution is 6.98. The van der Waals surface area contributed by atoms with Gasteiger partial charge in [0.05, 0.1) is 16.1 Å². The largest absolute Gasteiger partial charge is 0.103 e. The van der Waals surface area contributed by atoms with E-state index in [0.717, 1.165) is 36.3 Å². The Morgan fingerprint density at radius 2 is 0.619 bits per heavy atom. The number of hydrogen-bond acceptors (Lipinski definition) is 0. The van der Waals surface area contributed by atoms with E-state index in [0.29, 0.717) is 0 Å². The Bertz CT molecular complexity index is 290. The summed E-state index contributed by atoms with van der Waals surface area (Å²) in [6, 6.07) is 6.86. The van der Waals surface area contributed by atoms with E-state index >= 15 is 0 Å². The lowest BCUT2D eigenvalue weighted by Crippen LogP contribution is -2.46. The SMILES string of the molecule is C=CC[Si](CC=C)(CC=C)C[Si](CC=C)(CC=C)CC=C. The van der Waals surface area contributed by atoms with Gasteiger partial charge in [0.25, 0.3) is 0 Å². The highest BCUT2D eigenvalue weighted by atomic mass is 28.4. The second kappa shape index (κ2) is 10.6. The maximum absolute atomic E-state index is 4.00. The van der Waals surface area contributed by atoms with Gasteiger partial charge in [-0.05, 0) is 36.3 Å². The van der Waals surface area contributed by atoms with Gasteiger partial charge in [-0.2, -0.15) is 0 Å². The van der Waals surface area contributed by atoms with Gasteiger partial charge < -0.3 is 0 Å². The van der Waals surface area contributed by atoms with Gasteiger partial charge in [-0.15, -0.1) is 39.5 Å². The van der Waals surface area contributed by atoms with E-state index in [1.54, 1.807) is 0 Å². The Hall–Kier alpha value is -1.13. The fraction of sp³-hybridized carbons (Fsp3) is 0.368. The van der Waals surface area contributed by atoms with Gasteiger partial charge >= 0.3 is 0 Å². The first-order chi connectivity index (χ1) is 10.1. The number of rotatable bonds is 14. The van der Waals surface area contributed by atoms with E-state index in [1.165, 1.54) is 5.67 Å². The molecule has 0 rings (SSSR count). The van der Waals surface area contributed by atoms with E-state index in [9.17, 15) is 0 Å². The normalized spacial score (nSPS) is 11.4. The van der Waals surface area contributed by atoms with Crippen LogP contribution in [0.3, 0.4) is 0 Å². The zero-order chi connectivity index (χ0) is 16.2. The molecule has 0 heterocycles. The van der Waals surface area contributed by atoms with Gasteiger partial charge in [-0.25, -0.2) is 0 Å². The second-order valence-corrected chi connectivity index (χ2v) is 16.0. The van der Waals surface area contributed by atoms with Gasteiger partial charge in [-0.3, -0.25) is 0 Å². The molecule has 0 saturated carbocycles. The maximum atomic E-state index is 4.00. The van der Waals surface area contributed by atoms with Crippen molar-refractivity contribution in [2.75, 3.05) is 0 Å². The summed E-state index contributed by atoms with van der Waals surface area (Å²) in [4.78, 5) is 0. The molecule has 21 heavy (non-hydrogen) atoms. The highest BCUT2D eigenvalue weighted by Crippen LogP contribution is 2.38.